The summed E-state index contributed by atoms with van der Waals surface area (Å²) in [5, 5.41) is 0.0677. The van der Waals surface area contributed by atoms with E-state index in [4.69, 9.17) is 11.6 Å². The van der Waals surface area contributed by atoms with Crippen molar-refractivity contribution in [3.8, 4) is 0 Å². The highest BCUT2D eigenvalue weighted by atomic mass is 35.5. The second-order valence-corrected chi connectivity index (χ2v) is 3.67. The molecule has 0 heterocycles. The molecule has 0 amide bonds. The third-order valence-corrected chi connectivity index (χ3v) is 2.54. The van der Waals surface area contributed by atoms with Gasteiger partial charge in [0.25, 0.3) is 0 Å². The van der Waals surface area contributed by atoms with E-state index in [2.05, 4.69) is 0 Å². The first-order valence-corrected chi connectivity index (χ1v) is 4.92. The molecule has 0 aliphatic heterocycles. The highest BCUT2D eigenvalue weighted by Crippen LogP contribution is 2.24. The van der Waals surface area contributed by atoms with Crippen LogP contribution < -0.4 is 0 Å². The normalized spacial score (nSPS) is 15.3. The third-order valence-electron chi connectivity index (χ3n) is 2.23. The van der Waals surface area contributed by atoms with Crippen LogP contribution in [-0.4, -0.2) is 5.78 Å². The summed E-state index contributed by atoms with van der Waals surface area (Å²) >= 11 is 5.56. The van der Waals surface area contributed by atoms with Crippen LogP contribution in [0.15, 0.2) is 36.4 Å². The fourth-order valence-corrected chi connectivity index (χ4v) is 1.58. The minimum Gasteiger partial charge on any atom is -0.294 e. The van der Waals surface area contributed by atoms with Gasteiger partial charge in [-0.3, -0.25) is 4.79 Å². The number of Topliss-reactive ketones (excluding diaryl/α,β-unsaturated/α-hetero) is 1. The summed E-state index contributed by atoms with van der Waals surface area (Å²) in [6, 6.07) is 4.39. The first kappa shape index (κ1) is 10.1. The standard InChI is InChI=1S/C12H8ClFO/c13-10-6-5-8(7-11(10)14)9-3-1-2-4-12(9)15/h1-3,5-7H,4H2. The van der Waals surface area contributed by atoms with E-state index in [0.717, 1.165) is 0 Å². The van der Waals surface area contributed by atoms with Gasteiger partial charge in [0.15, 0.2) is 5.78 Å². The van der Waals surface area contributed by atoms with Crippen LogP contribution in [0, 0.1) is 5.82 Å². The van der Waals surface area contributed by atoms with E-state index in [9.17, 15) is 9.18 Å². The smallest absolute Gasteiger partial charge is 0.167 e. The molecule has 0 spiro atoms. The van der Waals surface area contributed by atoms with E-state index in [0.29, 0.717) is 17.6 Å². The summed E-state index contributed by atoms with van der Waals surface area (Å²) in [5.74, 6) is -0.503. The second kappa shape index (κ2) is 3.99. The zero-order valence-electron chi connectivity index (χ0n) is 7.84. The van der Waals surface area contributed by atoms with Gasteiger partial charge < -0.3 is 0 Å². The van der Waals surface area contributed by atoms with E-state index in [1.54, 1.807) is 24.3 Å². The summed E-state index contributed by atoms with van der Waals surface area (Å²) in [5.41, 5.74) is 1.11. The van der Waals surface area contributed by atoms with Crippen molar-refractivity contribution in [3.63, 3.8) is 0 Å². The molecule has 0 saturated carbocycles. The number of carbonyl (C=O) groups is 1. The summed E-state index contributed by atoms with van der Waals surface area (Å²) < 4.78 is 13.2. The predicted molar refractivity (Wildman–Crippen MR) is 58.2 cm³/mol. The molecule has 15 heavy (non-hydrogen) atoms. The Morgan fingerprint density at radius 1 is 1.33 bits per heavy atom. The number of hydrogen-bond donors (Lipinski definition) is 0. The molecule has 76 valence electrons. The highest BCUT2D eigenvalue weighted by molar-refractivity contribution is 6.31. The van der Waals surface area contributed by atoms with Crippen molar-refractivity contribution in [3.05, 3.63) is 52.8 Å². The molecule has 1 aromatic rings. The summed E-state index contributed by atoms with van der Waals surface area (Å²) in [6.07, 6.45) is 5.63. The second-order valence-electron chi connectivity index (χ2n) is 3.26. The SMILES string of the molecule is O=C1CC=CC=C1c1ccc(Cl)c(F)c1. The fourth-order valence-electron chi connectivity index (χ4n) is 1.46. The topological polar surface area (TPSA) is 17.1 Å². The molecule has 0 fully saturated rings. The summed E-state index contributed by atoms with van der Waals surface area (Å²) in [6.45, 7) is 0. The molecule has 0 unspecified atom stereocenters. The largest absolute Gasteiger partial charge is 0.294 e. The Bertz CT molecular complexity index is 475. The molecule has 0 atom stereocenters. The van der Waals surface area contributed by atoms with Gasteiger partial charge in [0.2, 0.25) is 0 Å². The van der Waals surface area contributed by atoms with Crippen molar-refractivity contribution in [2.24, 2.45) is 0 Å². The van der Waals surface area contributed by atoms with Gasteiger partial charge in [-0.15, -0.1) is 0 Å². The maximum absolute atomic E-state index is 13.2. The quantitative estimate of drug-likeness (QED) is 0.712. The first-order valence-electron chi connectivity index (χ1n) is 4.54. The Balaban J connectivity index is 2.45. The fraction of sp³-hybridized carbons (Fsp3) is 0.0833. The molecule has 2 rings (SSSR count). The van der Waals surface area contributed by atoms with Gasteiger partial charge in [-0.1, -0.05) is 35.9 Å². The van der Waals surface area contributed by atoms with Gasteiger partial charge in [0, 0.05) is 12.0 Å². The van der Waals surface area contributed by atoms with Crippen LogP contribution in [-0.2, 0) is 4.79 Å². The van der Waals surface area contributed by atoms with Gasteiger partial charge in [0.1, 0.15) is 5.82 Å². The van der Waals surface area contributed by atoms with Crippen molar-refractivity contribution in [1.29, 1.82) is 0 Å². The lowest BCUT2D eigenvalue weighted by molar-refractivity contribution is -0.113. The lowest BCUT2D eigenvalue weighted by atomic mass is 9.96. The molecule has 0 aromatic heterocycles. The molecule has 0 saturated heterocycles. The van der Waals surface area contributed by atoms with Crippen molar-refractivity contribution in [1.82, 2.24) is 0 Å². The van der Waals surface area contributed by atoms with E-state index >= 15 is 0 Å². The lowest BCUT2D eigenvalue weighted by Gasteiger charge is -2.08. The number of rotatable bonds is 1. The number of benzene rings is 1. The minimum atomic E-state index is -0.502. The molecule has 1 aromatic carbocycles. The van der Waals surface area contributed by atoms with Crippen LogP contribution in [0.4, 0.5) is 4.39 Å². The van der Waals surface area contributed by atoms with Crippen molar-refractivity contribution in [2.75, 3.05) is 0 Å². The first-order chi connectivity index (χ1) is 7.18. The number of allylic oxidation sites excluding steroid dienone is 4. The average Bonchev–Trinajstić information content (AvgIpc) is 2.23. The summed E-state index contributed by atoms with van der Waals surface area (Å²) in [7, 11) is 0. The van der Waals surface area contributed by atoms with Gasteiger partial charge >= 0.3 is 0 Å². The minimum absolute atomic E-state index is 0.000720. The van der Waals surface area contributed by atoms with Crippen LogP contribution in [0.3, 0.4) is 0 Å². The predicted octanol–water partition coefficient (Wildman–Crippen LogP) is 3.39. The Labute approximate surface area is 91.9 Å². The lowest BCUT2D eigenvalue weighted by Crippen LogP contribution is -2.03. The molecule has 1 aliphatic carbocycles. The van der Waals surface area contributed by atoms with E-state index in [1.807, 2.05) is 0 Å². The zero-order chi connectivity index (χ0) is 10.8. The van der Waals surface area contributed by atoms with Crippen LogP contribution >= 0.6 is 11.6 Å². The van der Waals surface area contributed by atoms with Crippen LogP contribution in [0.5, 0.6) is 0 Å². The highest BCUT2D eigenvalue weighted by Gasteiger charge is 2.13. The molecule has 0 radical (unpaired) electrons. The molecular formula is C12H8ClFO. The number of carbonyl (C=O) groups excluding carboxylic acids is 1. The Kier molecular flexibility index (Phi) is 2.69. The Hall–Kier alpha value is -1.41. The molecular weight excluding hydrogens is 215 g/mol. The third kappa shape index (κ3) is 2.00. The van der Waals surface area contributed by atoms with Gasteiger partial charge in [-0.25, -0.2) is 4.39 Å². The van der Waals surface area contributed by atoms with Crippen LogP contribution in [0.1, 0.15) is 12.0 Å². The maximum Gasteiger partial charge on any atom is 0.167 e. The molecule has 3 heteroatoms. The van der Waals surface area contributed by atoms with E-state index in [-0.39, 0.29) is 10.8 Å². The zero-order valence-corrected chi connectivity index (χ0v) is 8.59. The van der Waals surface area contributed by atoms with E-state index in [1.165, 1.54) is 12.1 Å². The average molecular weight is 223 g/mol. The van der Waals surface area contributed by atoms with Crippen molar-refractivity contribution < 1.29 is 9.18 Å². The van der Waals surface area contributed by atoms with E-state index < -0.39 is 5.82 Å². The maximum atomic E-state index is 13.2. The summed E-state index contributed by atoms with van der Waals surface area (Å²) in [4.78, 5) is 11.5. The molecule has 1 nitrogen and oxygen atoms in total. The molecule has 0 N–H and O–H groups in total. The number of hydrogen-bond acceptors (Lipinski definition) is 1. The number of halogens is 2. The molecule has 0 bridgehead atoms. The van der Waals surface area contributed by atoms with Crippen molar-refractivity contribution in [2.45, 2.75) is 6.42 Å². The van der Waals surface area contributed by atoms with Gasteiger partial charge in [0.05, 0.1) is 5.02 Å². The molecule has 1 aliphatic rings. The van der Waals surface area contributed by atoms with Gasteiger partial charge in [-0.05, 0) is 17.7 Å². The monoisotopic (exact) mass is 222 g/mol. The van der Waals surface area contributed by atoms with Gasteiger partial charge in [-0.2, -0.15) is 0 Å². The van der Waals surface area contributed by atoms with Crippen LogP contribution in [0.25, 0.3) is 5.57 Å². The Morgan fingerprint density at radius 3 is 2.80 bits per heavy atom. The van der Waals surface area contributed by atoms with Crippen LogP contribution in [0.2, 0.25) is 5.02 Å². The Morgan fingerprint density at radius 2 is 2.13 bits per heavy atom. The number of ketones is 1. The van der Waals surface area contributed by atoms with Crippen molar-refractivity contribution >= 4 is 23.0 Å².